The van der Waals surface area contributed by atoms with Crippen molar-refractivity contribution >= 4 is 12.0 Å². The van der Waals surface area contributed by atoms with E-state index in [0.717, 1.165) is 17.0 Å². The molecule has 0 radical (unpaired) electrons. The Labute approximate surface area is 148 Å². The maximum atomic E-state index is 12.1. The summed E-state index contributed by atoms with van der Waals surface area (Å²) in [6, 6.07) is 7.45. The number of nitrogens with one attached hydrogen (secondary N) is 2. The third-order valence-electron chi connectivity index (χ3n) is 3.64. The van der Waals surface area contributed by atoms with Gasteiger partial charge in [0, 0.05) is 25.8 Å². The highest BCUT2D eigenvalue weighted by atomic mass is 16.5. The highest BCUT2D eigenvalue weighted by molar-refractivity contribution is 5.88. The molecule has 0 aliphatic carbocycles. The first kappa shape index (κ1) is 18.8. The Kier molecular flexibility index (Phi) is 6.82. The van der Waals surface area contributed by atoms with Gasteiger partial charge < -0.3 is 19.4 Å². The number of rotatable bonds is 8. The van der Waals surface area contributed by atoms with E-state index in [-0.39, 0.29) is 6.03 Å². The molecule has 2 aromatic rings. The standard InChI is InChI=1S/C18H26N4O3/c1-13(2)11-20-18(23)21-17-19-12-16(22(17)8-9-24-3)14-6-5-7-15(10-14)25-4/h5-7,10,12-13H,8-9,11H2,1-4H3,(H2,19,20,21,23). The number of amides is 2. The molecule has 0 spiro atoms. The molecule has 0 fully saturated rings. The van der Waals surface area contributed by atoms with E-state index < -0.39 is 0 Å². The number of anilines is 1. The first-order valence-electron chi connectivity index (χ1n) is 8.29. The van der Waals surface area contributed by atoms with Gasteiger partial charge >= 0.3 is 6.03 Å². The zero-order valence-corrected chi connectivity index (χ0v) is 15.2. The molecule has 0 saturated carbocycles. The fraction of sp³-hybridized carbons (Fsp3) is 0.444. The van der Waals surface area contributed by atoms with E-state index in [2.05, 4.69) is 15.6 Å². The number of aromatic nitrogens is 2. The van der Waals surface area contributed by atoms with Crippen molar-refractivity contribution in [3.8, 4) is 17.0 Å². The number of urea groups is 1. The second kappa shape index (κ2) is 9.08. The van der Waals surface area contributed by atoms with Crippen LogP contribution in [-0.2, 0) is 11.3 Å². The number of nitrogens with zero attached hydrogens (tertiary/aromatic N) is 2. The van der Waals surface area contributed by atoms with Crippen molar-refractivity contribution in [2.75, 3.05) is 32.7 Å². The van der Waals surface area contributed by atoms with Gasteiger partial charge in [-0.2, -0.15) is 0 Å². The molecule has 25 heavy (non-hydrogen) atoms. The first-order valence-corrected chi connectivity index (χ1v) is 8.29. The van der Waals surface area contributed by atoms with Crippen LogP contribution in [0.5, 0.6) is 5.75 Å². The van der Waals surface area contributed by atoms with Crippen LogP contribution in [0.15, 0.2) is 30.5 Å². The van der Waals surface area contributed by atoms with Gasteiger partial charge in [0.2, 0.25) is 5.95 Å². The van der Waals surface area contributed by atoms with E-state index in [1.165, 1.54) is 0 Å². The fourth-order valence-electron chi connectivity index (χ4n) is 2.34. The van der Waals surface area contributed by atoms with Crippen molar-refractivity contribution < 1.29 is 14.3 Å². The van der Waals surface area contributed by atoms with Gasteiger partial charge in [-0.15, -0.1) is 0 Å². The zero-order valence-electron chi connectivity index (χ0n) is 15.2. The minimum Gasteiger partial charge on any atom is -0.497 e. The molecule has 0 saturated heterocycles. The second-order valence-corrected chi connectivity index (χ2v) is 6.07. The number of imidazole rings is 1. The number of carbonyl (C=O) groups excluding carboxylic acids is 1. The average molecular weight is 346 g/mol. The van der Waals surface area contributed by atoms with Gasteiger partial charge in [0.05, 0.1) is 25.6 Å². The summed E-state index contributed by atoms with van der Waals surface area (Å²) < 4.78 is 12.4. The molecule has 1 aromatic carbocycles. The molecule has 1 aromatic heterocycles. The van der Waals surface area contributed by atoms with Crippen molar-refractivity contribution in [1.82, 2.24) is 14.9 Å². The van der Waals surface area contributed by atoms with Crippen LogP contribution < -0.4 is 15.4 Å². The third-order valence-corrected chi connectivity index (χ3v) is 3.64. The van der Waals surface area contributed by atoms with Crippen molar-refractivity contribution in [3.63, 3.8) is 0 Å². The Hall–Kier alpha value is -2.54. The van der Waals surface area contributed by atoms with E-state index in [9.17, 15) is 4.79 Å². The molecule has 136 valence electrons. The van der Waals surface area contributed by atoms with Crippen LogP contribution in [0.2, 0.25) is 0 Å². The zero-order chi connectivity index (χ0) is 18.2. The van der Waals surface area contributed by atoms with E-state index >= 15 is 0 Å². The highest BCUT2D eigenvalue weighted by Gasteiger charge is 2.14. The Morgan fingerprint density at radius 2 is 2.12 bits per heavy atom. The lowest BCUT2D eigenvalue weighted by Gasteiger charge is -2.14. The van der Waals surface area contributed by atoms with Crippen LogP contribution in [0.4, 0.5) is 10.7 Å². The summed E-state index contributed by atoms with van der Waals surface area (Å²) in [4.78, 5) is 16.4. The molecule has 2 amide bonds. The molecule has 2 N–H and O–H groups in total. The third kappa shape index (κ3) is 5.22. The van der Waals surface area contributed by atoms with Crippen molar-refractivity contribution in [1.29, 1.82) is 0 Å². The SMILES string of the molecule is COCCn1c(-c2cccc(OC)c2)cnc1NC(=O)NCC(C)C. The maximum Gasteiger partial charge on any atom is 0.321 e. The molecule has 0 aliphatic heterocycles. The van der Waals surface area contributed by atoms with Crippen LogP contribution in [0.25, 0.3) is 11.3 Å². The highest BCUT2D eigenvalue weighted by Crippen LogP contribution is 2.26. The van der Waals surface area contributed by atoms with E-state index in [0.29, 0.717) is 31.6 Å². The maximum absolute atomic E-state index is 12.1. The molecular weight excluding hydrogens is 320 g/mol. The monoisotopic (exact) mass is 346 g/mol. The topological polar surface area (TPSA) is 77.4 Å². The Bertz CT molecular complexity index is 697. The normalized spacial score (nSPS) is 10.8. The Balaban J connectivity index is 2.25. The van der Waals surface area contributed by atoms with E-state index in [1.54, 1.807) is 20.4 Å². The Morgan fingerprint density at radius 1 is 1.32 bits per heavy atom. The number of carbonyl (C=O) groups is 1. The number of hydrogen-bond donors (Lipinski definition) is 2. The van der Waals surface area contributed by atoms with Gasteiger partial charge in [0.25, 0.3) is 0 Å². The van der Waals surface area contributed by atoms with Crippen molar-refractivity contribution in [2.24, 2.45) is 5.92 Å². The van der Waals surface area contributed by atoms with Crippen LogP contribution in [0, 0.1) is 5.92 Å². The summed E-state index contributed by atoms with van der Waals surface area (Å²) in [5.74, 6) is 1.63. The molecule has 7 heteroatoms. The van der Waals surface area contributed by atoms with Crippen LogP contribution in [0.1, 0.15) is 13.8 Å². The lowest BCUT2D eigenvalue weighted by atomic mass is 10.1. The Morgan fingerprint density at radius 3 is 2.80 bits per heavy atom. The fourth-order valence-corrected chi connectivity index (χ4v) is 2.34. The quantitative estimate of drug-likeness (QED) is 0.770. The smallest absolute Gasteiger partial charge is 0.321 e. The molecule has 0 unspecified atom stereocenters. The number of benzene rings is 1. The van der Waals surface area contributed by atoms with Crippen LogP contribution in [0.3, 0.4) is 0 Å². The molecule has 0 bridgehead atoms. The predicted octanol–water partition coefficient (Wildman–Crippen LogP) is 2.98. The summed E-state index contributed by atoms with van der Waals surface area (Å²) >= 11 is 0. The summed E-state index contributed by atoms with van der Waals surface area (Å²) in [5, 5.41) is 5.64. The van der Waals surface area contributed by atoms with Crippen molar-refractivity contribution in [3.05, 3.63) is 30.5 Å². The first-order chi connectivity index (χ1) is 12.0. The summed E-state index contributed by atoms with van der Waals surface area (Å²) in [5.41, 5.74) is 1.84. The lowest BCUT2D eigenvalue weighted by molar-refractivity contribution is 0.188. The van der Waals surface area contributed by atoms with E-state index in [4.69, 9.17) is 9.47 Å². The molecule has 0 aliphatic rings. The average Bonchev–Trinajstić information content (AvgIpc) is 3.00. The summed E-state index contributed by atoms with van der Waals surface area (Å²) in [6.45, 7) is 5.77. The van der Waals surface area contributed by atoms with Crippen molar-refractivity contribution in [2.45, 2.75) is 20.4 Å². The minimum absolute atomic E-state index is 0.268. The molecule has 7 nitrogen and oxygen atoms in total. The van der Waals surface area contributed by atoms with Gasteiger partial charge in [-0.25, -0.2) is 9.78 Å². The van der Waals surface area contributed by atoms with Gasteiger partial charge in [0.15, 0.2) is 0 Å². The lowest BCUT2D eigenvalue weighted by Crippen LogP contribution is -2.32. The van der Waals surface area contributed by atoms with Crippen LogP contribution in [-0.4, -0.2) is 43.0 Å². The van der Waals surface area contributed by atoms with Gasteiger partial charge in [-0.05, 0) is 18.1 Å². The van der Waals surface area contributed by atoms with Gasteiger partial charge in [-0.3, -0.25) is 5.32 Å². The molecular formula is C18H26N4O3. The van der Waals surface area contributed by atoms with Crippen LogP contribution >= 0.6 is 0 Å². The largest absolute Gasteiger partial charge is 0.497 e. The summed E-state index contributed by atoms with van der Waals surface area (Å²) in [7, 11) is 3.28. The second-order valence-electron chi connectivity index (χ2n) is 6.07. The molecule has 1 heterocycles. The van der Waals surface area contributed by atoms with E-state index in [1.807, 2.05) is 42.7 Å². The number of ether oxygens (including phenoxy) is 2. The van der Waals surface area contributed by atoms with Gasteiger partial charge in [0.1, 0.15) is 5.75 Å². The predicted molar refractivity (Wildman–Crippen MR) is 98.0 cm³/mol. The molecule has 2 rings (SSSR count). The van der Waals surface area contributed by atoms with Gasteiger partial charge in [-0.1, -0.05) is 26.0 Å². The number of hydrogen-bond acceptors (Lipinski definition) is 4. The summed E-state index contributed by atoms with van der Waals surface area (Å²) in [6.07, 6.45) is 1.74. The minimum atomic E-state index is -0.268. The number of methoxy groups -OCH3 is 2. The molecule has 0 atom stereocenters.